The summed E-state index contributed by atoms with van der Waals surface area (Å²) in [6, 6.07) is 11.5. The van der Waals surface area contributed by atoms with Crippen LogP contribution >= 0.6 is 0 Å². The molecule has 35 heavy (non-hydrogen) atoms. The number of nitrogens with one attached hydrogen (secondary N) is 2. The van der Waals surface area contributed by atoms with E-state index in [0.717, 1.165) is 6.26 Å². The molecule has 0 radical (unpaired) electrons. The first-order valence-corrected chi connectivity index (χ1v) is 13.0. The fourth-order valence-electron chi connectivity index (χ4n) is 3.73. The van der Waals surface area contributed by atoms with Gasteiger partial charge in [0.05, 0.1) is 34.1 Å². The largest absolute Gasteiger partial charge is 0.351 e. The molecule has 0 fully saturated rings. The summed E-state index contributed by atoms with van der Waals surface area (Å²) in [4.78, 5) is 30.3. The zero-order valence-corrected chi connectivity index (χ0v) is 20.5. The van der Waals surface area contributed by atoms with Crippen molar-refractivity contribution in [3.8, 4) is 5.69 Å². The van der Waals surface area contributed by atoms with Gasteiger partial charge in [-0.3, -0.25) is 14.0 Å². The van der Waals surface area contributed by atoms with Gasteiger partial charge in [0.25, 0.3) is 11.8 Å². The Labute approximate surface area is 202 Å². The molecule has 0 saturated carbocycles. The summed E-state index contributed by atoms with van der Waals surface area (Å²) in [5.41, 5.74) is 3.14. The van der Waals surface area contributed by atoms with Crippen LogP contribution in [0, 0.1) is 0 Å². The fraction of sp³-hybridized carbons (Fsp3) is 0.250. The lowest BCUT2D eigenvalue weighted by atomic mass is 10.2. The van der Waals surface area contributed by atoms with Crippen molar-refractivity contribution in [1.82, 2.24) is 29.8 Å². The first-order chi connectivity index (χ1) is 16.7. The summed E-state index contributed by atoms with van der Waals surface area (Å²) in [7, 11) is -3.27. The van der Waals surface area contributed by atoms with Crippen molar-refractivity contribution >= 4 is 27.3 Å². The summed E-state index contributed by atoms with van der Waals surface area (Å²) >= 11 is 0. The molecule has 11 heteroatoms. The van der Waals surface area contributed by atoms with Gasteiger partial charge in [-0.1, -0.05) is 6.92 Å². The minimum atomic E-state index is -3.27. The molecule has 3 aromatic heterocycles. The van der Waals surface area contributed by atoms with Crippen molar-refractivity contribution in [2.24, 2.45) is 0 Å². The van der Waals surface area contributed by atoms with Gasteiger partial charge in [-0.15, -0.1) is 0 Å². The van der Waals surface area contributed by atoms with Crippen LogP contribution in [0.25, 0.3) is 11.3 Å². The van der Waals surface area contributed by atoms with Crippen molar-refractivity contribution < 1.29 is 18.0 Å². The van der Waals surface area contributed by atoms with Crippen molar-refractivity contribution in [3.63, 3.8) is 0 Å². The summed E-state index contributed by atoms with van der Waals surface area (Å²) < 4.78 is 26.5. The molecule has 2 amide bonds. The van der Waals surface area contributed by atoms with Gasteiger partial charge in [0, 0.05) is 25.2 Å². The lowest BCUT2D eigenvalue weighted by Gasteiger charge is -2.07. The molecule has 0 aliphatic rings. The molecule has 10 nitrogen and oxygen atoms in total. The van der Waals surface area contributed by atoms with Gasteiger partial charge in [0.1, 0.15) is 5.69 Å². The Morgan fingerprint density at radius 2 is 1.71 bits per heavy atom. The molecule has 2 N–H and O–H groups in total. The Kier molecular flexibility index (Phi) is 6.70. The Hall–Kier alpha value is -3.99. The van der Waals surface area contributed by atoms with Gasteiger partial charge in [-0.05, 0) is 55.8 Å². The smallest absolute Gasteiger partial charge is 0.270 e. The Morgan fingerprint density at radius 1 is 0.971 bits per heavy atom. The molecule has 0 aliphatic heterocycles. The van der Waals surface area contributed by atoms with Crippen LogP contribution in [0.3, 0.4) is 0 Å². The standard InChI is InChI=1S/C24H26N6O4S/c1-4-20-21(24(32)25-5-2)29-13-6-7-19(22(29)27-20)23(31)26-15-16-12-14-30(28-16)17-8-10-18(11-9-17)35(3,33)34/h6-14H,4-5,15H2,1-3H3,(H,25,32)(H,26,31). The Morgan fingerprint density at radius 3 is 2.37 bits per heavy atom. The number of hydrogen-bond donors (Lipinski definition) is 2. The third-order valence-electron chi connectivity index (χ3n) is 5.46. The Bertz CT molecular complexity index is 1500. The van der Waals surface area contributed by atoms with Gasteiger partial charge in [0.15, 0.2) is 15.5 Å². The lowest BCUT2D eigenvalue weighted by Crippen LogP contribution is -2.26. The van der Waals surface area contributed by atoms with E-state index in [1.807, 2.05) is 13.8 Å². The molecule has 3 heterocycles. The predicted octanol–water partition coefficient (Wildman–Crippen LogP) is 2.17. The molecule has 182 valence electrons. The number of aromatic nitrogens is 4. The third kappa shape index (κ3) is 4.94. The van der Waals surface area contributed by atoms with Crippen molar-refractivity contribution in [1.29, 1.82) is 0 Å². The van der Waals surface area contributed by atoms with Gasteiger partial charge in [-0.2, -0.15) is 5.10 Å². The number of fused-ring (bicyclic) bond motifs is 1. The Balaban J connectivity index is 1.52. The molecule has 0 saturated heterocycles. The first-order valence-electron chi connectivity index (χ1n) is 11.1. The fourth-order valence-corrected chi connectivity index (χ4v) is 4.37. The zero-order chi connectivity index (χ0) is 25.2. The summed E-state index contributed by atoms with van der Waals surface area (Å²) in [5, 5.41) is 10.1. The second kappa shape index (κ2) is 9.71. The number of imidazole rings is 1. The molecule has 0 aliphatic carbocycles. The highest BCUT2D eigenvalue weighted by Gasteiger charge is 2.21. The molecule has 0 bridgehead atoms. The van der Waals surface area contributed by atoms with Crippen LogP contribution in [0.1, 0.15) is 46.1 Å². The maximum Gasteiger partial charge on any atom is 0.270 e. The number of carbonyl (C=O) groups is 2. The maximum absolute atomic E-state index is 13.0. The number of hydrogen-bond acceptors (Lipinski definition) is 6. The zero-order valence-electron chi connectivity index (χ0n) is 19.6. The molecule has 4 aromatic rings. The van der Waals surface area contributed by atoms with Crippen molar-refractivity contribution in [3.05, 3.63) is 77.5 Å². The number of nitrogens with zero attached hydrogens (tertiary/aromatic N) is 4. The second-order valence-electron chi connectivity index (χ2n) is 7.94. The average molecular weight is 495 g/mol. The van der Waals surface area contributed by atoms with Crippen LogP contribution in [-0.2, 0) is 22.8 Å². The summed E-state index contributed by atoms with van der Waals surface area (Å²) in [5.74, 6) is -0.567. The predicted molar refractivity (Wildman–Crippen MR) is 130 cm³/mol. The van der Waals surface area contributed by atoms with Gasteiger partial charge < -0.3 is 10.6 Å². The summed E-state index contributed by atoms with van der Waals surface area (Å²) in [6.07, 6.45) is 5.17. The normalized spacial score (nSPS) is 11.5. The molecule has 4 rings (SSSR count). The van der Waals surface area contributed by atoms with Crippen LogP contribution in [-0.4, -0.2) is 52.2 Å². The highest BCUT2D eigenvalue weighted by atomic mass is 32.2. The number of pyridine rings is 1. The third-order valence-corrected chi connectivity index (χ3v) is 6.59. The highest BCUT2D eigenvalue weighted by molar-refractivity contribution is 7.90. The van der Waals surface area contributed by atoms with E-state index in [-0.39, 0.29) is 23.3 Å². The number of sulfone groups is 1. The minimum absolute atomic E-state index is 0.179. The van der Waals surface area contributed by atoms with Gasteiger partial charge in [0.2, 0.25) is 0 Å². The SMILES string of the molecule is CCNC(=O)c1c(CC)nc2c(C(=O)NCc3ccn(-c4ccc(S(C)(=O)=O)cc4)n3)cccn12. The van der Waals surface area contributed by atoms with Crippen LogP contribution in [0.4, 0.5) is 0 Å². The van der Waals surface area contributed by atoms with E-state index in [1.54, 1.807) is 51.8 Å². The van der Waals surface area contributed by atoms with Crippen LogP contribution in [0.2, 0.25) is 0 Å². The average Bonchev–Trinajstić information content (AvgIpc) is 3.46. The number of aryl methyl sites for hydroxylation is 1. The highest BCUT2D eigenvalue weighted by Crippen LogP contribution is 2.18. The van der Waals surface area contributed by atoms with Crippen LogP contribution < -0.4 is 10.6 Å². The quantitative estimate of drug-likeness (QED) is 0.386. The van der Waals surface area contributed by atoms with E-state index in [2.05, 4.69) is 20.7 Å². The van der Waals surface area contributed by atoms with E-state index < -0.39 is 9.84 Å². The molecular formula is C24H26N6O4S. The minimum Gasteiger partial charge on any atom is -0.351 e. The molecule has 0 atom stereocenters. The van der Waals surface area contributed by atoms with E-state index in [1.165, 1.54) is 12.1 Å². The lowest BCUT2D eigenvalue weighted by molar-refractivity contribution is 0.0939. The van der Waals surface area contributed by atoms with Crippen LogP contribution in [0.5, 0.6) is 0 Å². The number of amides is 2. The van der Waals surface area contributed by atoms with Crippen molar-refractivity contribution in [2.75, 3.05) is 12.8 Å². The van der Waals surface area contributed by atoms with E-state index in [9.17, 15) is 18.0 Å². The van der Waals surface area contributed by atoms with Crippen molar-refractivity contribution in [2.45, 2.75) is 31.7 Å². The molecule has 1 aromatic carbocycles. The molecular weight excluding hydrogens is 468 g/mol. The first kappa shape index (κ1) is 24.1. The van der Waals surface area contributed by atoms with Crippen LogP contribution in [0.15, 0.2) is 59.8 Å². The van der Waals surface area contributed by atoms with Gasteiger partial charge in [-0.25, -0.2) is 18.1 Å². The summed E-state index contributed by atoms with van der Waals surface area (Å²) in [6.45, 7) is 4.43. The number of rotatable bonds is 8. The molecule has 0 unspecified atom stereocenters. The van der Waals surface area contributed by atoms with E-state index >= 15 is 0 Å². The van der Waals surface area contributed by atoms with Gasteiger partial charge >= 0.3 is 0 Å². The second-order valence-corrected chi connectivity index (χ2v) is 9.95. The molecule has 0 spiro atoms. The number of carbonyl (C=O) groups excluding carboxylic acids is 2. The van der Waals surface area contributed by atoms with E-state index in [4.69, 9.17) is 0 Å². The van der Waals surface area contributed by atoms with E-state index in [0.29, 0.717) is 46.9 Å². The monoisotopic (exact) mass is 494 g/mol. The topological polar surface area (TPSA) is 127 Å². The number of benzene rings is 1. The maximum atomic E-state index is 13.0.